The highest BCUT2D eigenvalue weighted by Gasteiger charge is 2.30. The summed E-state index contributed by atoms with van der Waals surface area (Å²) in [6.07, 6.45) is 0. The molecule has 0 radical (unpaired) electrons. The standard InChI is InChI=1S/C27H30ClN3O5S/c1-4-36-25-12-8-7-11-24(25)31(37(34,35)21-15-13-20(28)14-16-21)18-26(32)30-23-10-6-5-9-22(23)27(33)29-17-19(2)3/h5-16,19H,4,17-18H2,1-3H3,(H,29,33)(H,30,32). The van der Waals surface area contributed by atoms with Gasteiger partial charge in [-0.3, -0.25) is 13.9 Å². The molecule has 0 heterocycles. The number of para-hydroxylation sites is 3. The smallest absolute Gasteiger partial charge is 0.264 e. The topological polar surface area (TPSA) is 105 Å². The molecule has 3 rings (SSSR count). The van der Waals surface area contributed by atoms with E-state index in [-0.39, 0.29) is 33.7 Å². The van der Waals surface area contributed by atoms with Crippen molar-refractivity contribution in [3.8, 4) is 5.75 Å². The van der Waals surface area contributed by atoms with Gasteiger partial charge in [0.1, 0.15) is 12.3 Å². The van der Waals surface area contributed by atoms with E-state index in [4.69, 9.17) is 16.3 Å². The summed E-state index contributed by atoms with van der Waals surface area (Å²) in [5.74, 6) is -0.406. The van der Waals surface area contributed by atoms with Gasteiger partial charge in [0.2, 0.25) is 5.91 Å². The number of anilines is 2. The molecule has 10 heteroatoms. The lowest BCUT2D eigenvalue weighted by Gasteiger charge is -2.26. The van der Waals surface area contributed by atoms with Crippen LogP contribution in [0.25, 0.3) is 0 Å². The molecular weight excluding hydrogens is 514 g/mol. The van der Waals surface area contributed by atoms with E-state index in [1.54, 1.807) is 55.5 Å². The van der Waals surface area contributed by atoms with E-state index in [2.05, 4.69) is 10.6 Å². The molecule has 0 spiro atoms. The Morgan fingerprint density at radius 1 is 0.973 bits per heavy atom. The molecule has 0 aliphatic heterocycles. The van der Waals surface area contributed by atoms with E-state index in [9.17, 15) is 18.0 Å². The number of benzene rings is 3. The molecule has 0 aliphatic carbocycles. The fourth-order valence-corrected chi connectivity index (χ4v) is 5.03. The van der Waals surface area contributed by atoms with Gasteiger partial charge >= 0.3 is 0 Å². The highest BCUT2D eigenvalue weighted by Crippen LogP contribution is 2.33. The molecule has 0 bridgehead atoms. The zero-order valence-corrected chi connectivity index (χ0v) is 22.5. The van der Waals surface area contributed by atoms with Crippen molar-refractivity contribution in [3.05, 3.63) is 83.4 Å². The molecule has 0 atom stereocenters. The van der Waals surface area contributed by atoms with Crippen LogP contribution >= 0.6 is 11.6 Å². The number of rotatable bonds is 11. The zero-order valence-electron chi connectivity index (χ0n) is 20.9. The second kappa shape index (κ2) is 12.6. The van der Waals surface area contributed by atoms with Crippen LogP contribution in [0.1, 0.15) is 31.1 Å². The monoisotopic (exact) mass is 543 g/mol. The van der Waals surface area contributed by atoms with Crippen molar-refractivity contribution >= 4 is 44.8 Å². The molecule has 0 aromatic heterocycles. The first-order chi connectivity index (χ1) is 17.6. The summed E-state index contributed by atoms with van der Waals surface area (Å²) in [5, 5.41) is 5.90. The molecule has 0 fully saturated rings. The average Bonchev–Trinajstić information content (AvgIpc) is 2.87. The van der Waals surface area contributed by atoms with Gasteiger partial charge in [-0.05, 0) is 61.4 Å². The Balaban J connectivity index is 1.95. The van der Waals surface area contributed by atoms with Gasteiger partial charge in [-0.2, -0.15) is 0 Å². The Morgan fingerprint density at radius 2 is 1.62 bits per heavy atom. The van der Waals surface area contributed by atoms with E-state index < -0.39 is 22.5 Å². The molecule has 8 nitrogen and oxygen atoms in total. The van der Waals surface area contributed by atoms with Crippen LogP contribution in [-0.2, 0) is 14.8 Å². The number of carbonyl (C=O) groups excluding carboxylic acids is 2. The van der Waals surface area contributed by atoms with Gasteiger partial charge in [-0.15, -0.1) is 0 Å². The van der Waals surface area contributed by atoms with Crippen LogP contribution < -0.4 is 19.7 Å². The molecule has 3 aromatic rings. The van der Waals surface area contributed by atoms with Crippen LogP contribution in [0.3, 0.4) is 0 Å². The number of carbonyl (C=O) groups is 2. The van der Waals surface area contributed by atoms with Gasteiger partial charge in [0.25, 0.3) is 15.9 Å². The summed E-state index contributed by atoms with van der Waals surface area (Å²) in [6.45, 7) is 5.95. The van der Waals surface area contributed by atoms with Crippen molar-refractivity contribution < 1.29 is 22.7 Å². The minimum Gasteiger partial charge on any atom is -0.492 e. The van der Waals surface area contributed by atoms with Crippen LogP contribution in [0.5, 0.6) is 5.75 Å². The number of nitrogens with one attached hydrogen (secondary N) is 2. The van der Waals surface area contributed by atoms with Crippen LogP contribution in [0.4, 0.5) is 11.4 Å². The van der Waals surface area contributed by atoms with Crippen molar-refractivity contribution in [1.82, 2.24) is 5.32 Å². The lowest BCUT2D eigenvalue weighted by Crippen LogP contribution is -2.38. The summed E-state index contributed by atoms with van der Waals surface area (Å²) >= 11 is 5.95. The summed E-state index contributed by atoms with van der Waals surface area (Å²) in [7, 11) is -4.19. The number of hydrogen-bond acceptors (Lipinski definition) is 5. The largest absolute Gasteiger partial charge is 0.492 e. The van der Waals surface area contributed by atoms with Crippen LogP contribution in [0.2, 0.25) is 5.02 Å². The average molecular weight is 544 g/mol. The van der Waals surface area contributed by atoms with Gasteiger partial charge < -0.3 is 15.4 Å². The van der Waals surface area contributed by atoms with Crippen LogP contribution in [-0.4, -0.2) is 39.9 Å². The Morgan fingerprint density at radius 3 is 2.30 bits per heavy atom. The van der Waals surface area contributed by atoms with Crippen molar-refractivity contribution in [2.45, 2.75) is 25.7 Å². The third kappa shape index (κ3) is 7.24. The molecular formula is C27H30ClN3O5S. The van der Waals surface area contributed by atoms with Crippen molar-refractivity contribution in [1.29, 1.82) is 0 Å². The second-order valence-electron chi connectivity index (χ2n) is 8.56. The van der Waals surface area contributed by atoms with Crippen molar-refractivity contribution in [3.63, 3.8) is 0 Å². The lowest BCUT2D eigenvalue weighted by atomic mass is 10.1. The fraction of sp³-hybridized carbons (Fsp3) is 0.259. The van der Waals surface area contributed by atoms with E-state index in [1.165, 1.54) is 24.3 Å². The molecule has 3 aromatic carbocycles. The minimum atomic E-state index is -4.19. The van der Waals surface area contributed by atoms with E-state index >= 15 is 0 Å². The number of sulfonamides is 1. The van der Waals surface area contributed by atoms with E-state index in [0.29, 0.717) is 23.9 Å². The van der Waals surface area contributed by atoms with Crippen molar-refractivity contribution in [2.75, 3.05) is 29.3 Å². The predicted octanol–water partition coefficient (Wildman–Crippen LogP) is 4.96. The summed E-state index contributed by atoms with van der Waals surface area (Å²) in [5.41, 5.74) is 0.756. The van der Waals surface area contributed by atoms with Gasteiger partial charge in [-0.1, -0.05) is 49.7 Å². The fourth-order valence-electron chi connectivity index (χ4n) is 3.48. The SMILES string of the molecule is CCOc1ccccc1N(CC(=O)Nc1ccccc1C(=O)NCC(C)C)S(=O)(=O)c1ccc(Cl)cc1. The zero-order chi connectivity index (χ0) is 27.0. The summed E-state index contributed by atoms with van der Waals surface area (Å²) in [4.78, 5) is 25.9. The first kappa shape index (κ1) is 28.0. The molecule has 0 saturated carbocycles. The molecule has 0 aliphatic rings. The Bertz CT molecular complexity index is 1340. The Kier molecular flexibility index (Phi) is 9.54. The Labute approximate surface area is 222 Å². The quantitative estimate of drug-likeness (QED) is 0.356. The third-order valence-corrected chi connectivity index (χ3v) is 7.27. The number of ether oxygens (including phenoxy) is 1. The number of nitrogens with zero attached hydrogens (tertiary/aromatic N) is 1. The number of amides is 2. The highest BCUT2D eigenvalue weighted by molar-refractivity contribution is 7.92. The summed E-state index contributed by atoms with van der Waals surface area (Å²) < 4.78 is 34.0. The third-order valence-electron chi connectivity index (χ3n) is 5.24. The second-order valence-corrected chi connectivity index (χ2v) is 10.9. The maximum Gasteiger partial charge on any atom is 0.264 e. The first-order valence-electron chi connectivity index (χ1n) is 11.8. The minimum absolute atomic E-state index is 0.0375. The highest BCUT2D eigenvalue weighted by atomic mass is 35.5. The molecule has 37 heavy (non-hydrogen) atoms. The van der Waals surface area contributed by atoms with E-state index in [1.807, 2.05) is 13.8 Å². The Hall–Kier alpha value is -3.56. The van der Waals surface area contributed by atoms with Crippen LogP contribution in [0.15, 0.2) is 77.7 Å². The van der Waals surface area contributed by atoms with Gasteiger partial charge in [0.05, 0.1) is 28.4 Å². The molecule has 2 amide bonds. The molecule has 0 unspecified atom stereocenters. The van der Waals surface area contributed by atoms with Crippen molar-refractivity contribution in [2.24, 2.45) is 5.92 Å². The normalized spacial score (nSPS) is 11.2. The van der Waals surface area contributed by atoms with E-state index in [0.717, 1.165) is 4.31 Å². The predicted molar refractivity (Wildman–Crippen MR) is 146 cm³/mol. The number of hydrogen-bond donors (Lipinski definition) is 2. The molecule has 196 valence electrons. The maximum atomic E-state index is 13.7. The van der Waals surface area contributed by atoms with Gasteiger partial charge in [0.15, 0.2) is 0 Å². The molecule has 2 N–H and O–H groups in total. The van der Waals surface area contributed by atoms with Gasteiger partial charge in [-0.25, -0.2) is 8.42 Å². The molecule has 0 saturated heterocycles. The lowest BCUT2D eigenvalue weighted by molar-refractivity contribution is -0.114. The van der Waals surface area contributed by atoms with Crippen LogP contribution in [0, 0.1) is 5.92 Å². The number of halogens is 1. The van der Waals surface area contributed by atoms with Gasteiger partial charge in [0, 0.05) is 11.6 Å². The first-order valence-corrected chi connectivity index (χ1v) is 13.6. The summed E-state index contributed by atoms with van der Waals surface area (Å²) in [6, 6.07) is 18.8. The maximum absolute atomic E-state index is 13.7.